The highest BCUT2D eigenvalue weighted by molar-refractivity contribution is 5.92. The summed E-state index contributed by atoms with van der Waals surface area (Å²) in [5.41, 5.74) is 1.47. The molecule has 0 radical (unpaired) electrons. The van der Waals surface area contributed by atoms with Gasteiger partial charge in [-0.2, -0.15) is 0 Å². The van der Waals surface area contributed by atoms with Crippen molar-refractivity contribution < 1.29 is 9.53 Å². The molecule has 2 rings (SSSR count). The molecule has 1 amide bonds. The first-order valence-corrected chi connectivity index (χ1v) is 7.71. The van der Waals surface area contributed by atoms with Gasteiger partial charge in [-0.25, -0.2) is 9.97 Å². The van der Waals surface area contributed by atoms with Crippen molar-refractivity contribution in [3.8, 4) is 5.75 Å². The van der Waals surface area contributed by atoms with Gasteiger partial charge in [-0.1, -0.05) is 19.1 Å². The molecule has 1 aromatic heterocycles. The second kappa shape index (κ2) is 8.73. The van der Waals surface area contributed by atoms with E-state index >= 15 is 0 Å². The monoisotopic (exact) mass is 314 g/mol. The normalized spacial score (nSPS) is 10.2. The molecule has 122 valence electrons. The highest BCUT2D eigenvalue weighted by Gasteiger charge is 2.08. The second-order valence-electron chi connectivity index (χ2n) is 5.05. The summed E-state index contributed by atoms with van der Waals surface area (Å²) >= 11 is 0. The molecule has 6 nitrogen and oxygen atoms in total. The van der Waals surface area contributed by atoms with Gasteiger partial charge in [0.15, 0.2) is 0 Å². The fraction of sp³-hybridized carbons (Fsp3) is 0.353. The van der Waals surface area contributed by atoms with Crippen molar-refractivity contribution >= 4 is 11.9 Å². The first-order valence-electron chi connectivity index (χ1n) is 7.71. The largest absolute Gasteiger partial charge is 0.497 e. The molecular formula is C17H22N4O2. The van der Waals surface area contributed by atoms with Crippen LogP contribution in [0.15, 0.2) is 36.5 Å². The minimum atomic E-state index is -0.199. The molecule has 0 saturated carbocycles. The van der Waals surface area contributed by atoms with Gasteiger partial charge in [0.25, 0.3) is 5.91 Å². The first kappa shape index (κ1) is 16.7. The van der Waals surface area contributed by atoms with Crippen LogP contribution in [0.4, 0.5) is 5.95 Å². The van der Waals surface area contributed by atoms with Crippen LogP contribution in [0.3, 0.4) is 0 Å². The number of carbonyl (C=O) groups is 1. The smallest absolute Gasteiger partial charge is 0.270 e. The molecule has 2 aromatic rings. The standard InChI is InChI=1S/C17H22N4O2/c1-3-9-19-17-20-11-8-15(21-17)16(22)18-10-7-13-5-4-6-14(12-13)23-2/h4-6,8,11-12H,3,7,9-10H2,1-2H3,(H,18,22)(H,19,20,21). The number of hydrogen-bond donors (Lipinski definition) is 2. The quantitative estimate of drug-likeness (QED) is 0.782. The first-order chi connectivity index (χ1) is 11.2. The van der Waals surface area contributed by atoms with Gasteiger partial charge in [0, 0.05) is 19.3 Å². The van der Waals surface area contributed by atoms with Crippen LogP contribution in [0, 0.1) is 0 Å². The van der Waals surface area contributed by atoms with Crippen molar-refractivity contribution in [2.75, 3.05) is 25.5 Å². The van der Waals surface area contributed by atoms with Gasteiger partial charge in [0.2, 0.25) is 5.95 Å². The number of methoxy groups -OCH3 is 1. The molecule has 0 aliphatic carbocycles. The zero-order valence-electron chi connectivity index (χ0n) is 13.5. The van der Waals surface area contributed by atoms with Gasteiger partial charge in [0.1, 0.15) is 11.4 Å². The number of nitrogens with zero attached hydrogens (tertiary/aromatic N) is 2. The van der Waals surface area contributed by atoms with Gasteiger partial charge in [-0.3, -0.25) is 4.79 Å². The summed E-state index contributed by atoms with van der Waals surface area (Å²) in [6.07, 6.45) is 3.29. The van der Waals surface area contributed by atoms with E-state index in [4.69, 9.17) is 4.74 Å². The van der Waals surface area contributed by atoms with Crippen molar-refractivity contribution in [3.63, 3.8) is 0 Å². The lowest BCUT2D eigenvalue weighted by molar-refractivity contribution is 0.0949. The van der Waals surface area contributed by atoms with Crippen LogP contribution >= 0.6 is 0 Å². The summed E-state index contributed by atoms with van der Waals surface area (Å²) in [4.78, 5) is 20.4. The summed E-state index contributed by atoms with van der Waals surface area (Å²) < 4.78 is 5.19. The Hall–Kier alpha value is -2.63. The molecule has 0 aliphatic rings. The molecule has 0 aliphatic heterocycles. The van der Waals surface area contributed by atoms with Gasteiger partial charge in [0.05, 0.1) is 7.11 Å². The van der Waals surface area contributed by atoms with Gasteiger partial charge < -0.3 is 15.4 Å². The Morgan fingerprint density at radius 1 is 1.26 bits per heavy atom. The molecule has 1 heterocycles. The van der Waals surface area contributed by atoms with Crippen LogP contribution in [0.2, 0.25) is 0 Å². The molecule has 6 heteroatoms. The Morgan fingerprint density at radius 3 is 2.91 bits per heavy atom. The Bertz CT molecular complexity index is 646. The fourth-order valence-corrected chi connectivity index (χ4v) is 2.05. The van der Waals surface area contributed by atoms with E-state index in [0.717, 1.165) is 30.7 Å². The number of anilines is 1. The summed E-state index contributed by atoms with van der Waals surface area (Å²) in [6.45, 7) is 3.37. The van der Waals surface area contributed by atoms with E-state index < -0.39 is 0 Å². The van der Waals surface area contributed by atoms with Crippen molar-refractivity contribution in [3.05, 3.63) is 47.8 Å². The number of ether oxygens (including phenoxy) is 1. The van der Waals surface area contributed by atoms with Gasteiger partial charge >= 0.3 is 0 Å². The molecule has 0 spiro atoms. The number of hydrogen-bond acceptors (Lipinski definition) is 5. The average molecular weight is 314 g/mol. The highest BCUT2D eigenvalue weighted by atomic mass is 16.5. The Balaban J connectivity index is 1.86. The third-order valence-electron chi connectivity index (χ3n) is 3.25. The molecule has 0 unspecified atom stereocenters. The molecule has 1 aromatic carbocycles. The van der Waals surface area contributed by atoms with E-state index in [1.807, 2.05) is 24.3 Å². The maximum atomic E-state index is 12.1. The molecule has 0 bridgehead atoms. The Kier molecular flexibility index (Phi) is 6.35. The zero-order valence-corrected chi connectivity index (χ0v) is 13.5. The lowest BCUT2D eigenvalue weighted by atomic mass is 10.1. The maximum absolute atomic E-state index is 12.1. The predicted molar refractivity (Wildman–Crippen MR) is 89.8 cm³/mol. The van der Waals surface area contributed by atoms with Crippen LogP contribution < -0.4 is 15.4 Å². The highest BCUT2D eigenvalue weighted by Crippen LogP contribution is 2.12. The number of nitrogens with one attached hydrogen (secondary N) is 2. The van der Waals surface area contributed by atoms with Crippen molar-refractivity contribution in [2.45, 2.75) is 19.8 Å². The van der Waals surface area contributed by atoms with E-state index in [0.29, 0.717) is 18.2 Å². The van der Waals surface area contributed by atoms with Crippen molar-refractivity contribution in [1.29, 1.82) is 0 Å². The SMILES string of the molecule is CCCNc1nccc(C(=O)NCCc2cccc(OC)c2)n1. The zero-order chi connectivity index (χ0) is 16.5. The summed E-state index contributed by atoms with van der Waals surface area (Å²) in [7, 11) is 1.64. The number of rotatable bonds is 8. The average Bonchev–Trinajstić information content (AvgIpc) is 2.60. The van der Waals surface area contributed by atoms with Crippen LogP contribution in [0.25, 0.3) is 0 Å². The Morgan fingerprint density at radius 2 is 2.13 bits per heavy atom. The third kappa shape index (κ3) is 5.25. The molecule has 0 saturated heterocycles. The lowest BCUT2D eigenvalue weighted by Gasteiger charge is -2.07. The topological polar surface area (TPSA) is 76.1 Å². The lowest BCUT2D eigenvalue weighted by Crippen LogP contribution is -2.27. The van der Waals surface area contributed by atoms with E-state index in [1.165, 1.54) is 0 Å². The summed E-state index contributed by atoms with van der Waals surface area (Å²) in [5, 5.41) is 5.94. The maximum Gasteiger partial charge on any atom is 0.270 e. The van der Waals surface area contributed by atoms with Gasteiger partial charge in [-0.15, -0.1) is 0 Å². The molecular weight excluding hydrogens is 292 g/mol. The number of aromatic nitrogens is 2. The minimum Gasteiger partial charge on any atom is -0.497 e. The number of benzene rings is 1. The van der Waals surface area contributed by atoms with E-state index in [2.05, 4.69) is 27.5 Å². The van der Waals surface area contributed by atoms with Crippen molar-refractivity contribution in [2.24, 2.45) is 0 Å². The molecule has 2 N–H and O–H groups in total. The van der Waals surface area contributed by atoms with E-state index in [9.17, 15) is 4.79 Å². The van der Waals surface area contributed by atoms with Gasteiger partial charge in [-0.05, 0) is 36.6 Å². The number of amides is 1. The summed E-state index contributed by atoms with van der Waals surface area (Å²) in [6, 6.07) is 9.41. The van der Waals surface area contributed by atoms with E-state index in [-0.39, 0.29) is 5.91 Å². The van der Waals surface area contributed by atoms with Crippen LogP contribution in [-0.2, 0) is 6.42 Å². The number of carbonyl (C=O) groups excluding carboxylic acids is 1. The Labute approximate surface area is 136 Å². The predicted octanol–water partition coefficient (Wildman–Crippen LogP) is 2.28. The molecule has 0 fully saturated rings. The summed E-state index contributed by atoms with van der Waals surface area (Å²) in [5.74, 6) is 1.10. The second-order valence-corrected chi connectivity index (χ2v) is 5.05. The molecule has 0 atom stereocenters. The van der Waals surface area contributed by atoms with Crippen LogP contribution in [0.5, 0.6) is 5.75 Å². The van der Waals surface area contributed by atoms with Crippen molar-refractivity contribution in [1.82, 2.24) is 15.3 Å². The fourth-order valence-electron chi connectivity index (χ4n) is 2.05. The minimum absolute atomic E-state index is 0.199. The van der Waals surface area contributed by atoms with Crippen LogP contribution in [0.1, 0.15) is 29.4 Å². The third-order valence-corrected chi connectivity index (χ3v) is 3.25. The molecule has 23 heavy (non-hydrogen) atoms. The van der Waals surface area contributed by atoms with Crippen LogP contribution in [-0.4, -0.2) is 36.1 Å². The van der Waals surface area contributed by atoms with E-state index in [1.54, 1.807) is 19.4 Å².